The molecular weight excluding hydrogens is 831 g/mol. The number of nitrogens with one attached hydrogen (secondary N) is 5. The van der Waals surface area contributed by atoms with Crippen LogP contribution in [0, 0.1) is 5.82 Å². The van der Waals surface area contributed by atoms with Gasteiger partial charge in [0.2, 0.25) is 17.7 Å². The van der Waals surface area contributed by atoms with Crippen LogP contribution in [0.3, 0.4) is 0 Å². The summed E-state index contributed by atoms with van der Waals surface area (Å²) in [5, 5.41) is 15.5. The van der Waals surface area contributed by atoms with Gasteiger partial charge >= 0.3 is 0 Å². The van der Waals surface area contributed by atoms with Gasteiger partial charge in [-0.15, -0.1) is 0 Å². The summed E-state index contributed by atoms with van der Waals surface area (Å²) in [5.41, 5.74) is 4.18. The van der Waals surface area contributed by atoms with Crippen LogP contribution in [-0.4, -0.2) is 78.4 Å². The summed E-state index contributed by atoms with van der Waals surface area (Å²) < 4.78 is 35.6. The van der Waals surface area contributed by atoms with Gasteiger partial charge in [0.05, 0.1) is 31.2 Å². The molecule has 6 aromatic rings. The molecular formula is C45H44ClFN10O6. The van der Waals surface area contributed by atoms with E-state index in [0.717, 1.165) is 30.2 Å². The van der Waals surface area contributed by atoms with E-state index in [1.807, 2.05) is 24.3 Å². The van der Waals surface area contributed by atoms with Crippen molar-refractivity contribution < 1.29 is 32.9 Å². The summed E-state index contributed by atoms with van der Waals surface area (Å²) in [7, 11) is 1.55. The lowest BCUT2D eigenvalue weighted by molar-refractivity contribution is -0.112. The quantitative estimate of drug-likeness (QED) is 0.0432. The van der Waals surface area contributed by atoms with Gasteiger partial charge in [0, 0.05) is 66.2 Å². The lowest BCUT2D eigenvalue weighted by atomic mass is 10.2. The van der Waals surface area contributed by atoms with Gasteiger partial charge in [0.15, 0.2) is 11.6 Å². The van der Waals surface area contributed by atoms with Crippen molar-refractivity contribution in [2.24, 2.45) is 0 Å². The van der Waals surface area contributed by atoms with Crippen LogP contribution in [0.25, 0.3) is 0 Å². The first-order valence-electron chi connectivity index (χ1n) is 19.4. The maximum atomic E-state index is 14.2. The number of halogens is 2. The Morgan fingerprint density at radius 2 is 1.38 bits per heavy atom. The highest BCUT2D eigenvalue weighted by molar-refractivity contribution is 6.30. The molecule has 0 bridgehead atoms. The lowest BCUT2D eigenvalue weighted by Gasteiger charge is -2.30. The number of ether oxygens (including phenoxy) is 4. The monoisotopic (exact) mass is 874 g/mol. The summed E-state index contributed by atoms with van der Waals surface area (Å²) in [6.45, 7) is 10.4. The molecule has 1 fully saturated rings. The normalized spacial score (nSPS) is 11.8. The van der Waals surface area contributed by atoms with E-state index in [1.165, 1.54) is 36.9 Å². The standard InChI is InChI=1S/C23H22ClN5O3.C22H22FN5O3/c1-2-22(30)28-19-13-17(6-7-20(19)29-8-10-31-11-9-29)27-21-14-23(26-15-25-21)32-18-5-3-4-16(24)12-18;1-3-22(29)28-16-6-4-5-15(11-16)26-20-13-21(25-14-24-20)27-17-7-8-19(18(23)12-17)31-10-9-30-2/h2-7,12-15H,1,8-11H2,(H,28,30)(H,25,26,27);3-8,11-14H,1,9-10H2,2H3,(H,28,29)(H2,24,25,26,27). The van der Waals surface area contributed by atoms with E-state index < -0.39 is 5.82 Å². The van der Waals surface area contributed by atoms with Gasteiger partial charge in [-0.25, -0.2) is 24.3 Å². The molecule has 0 atom stereocenters. The van der Waals surface area contributed by atoms with Crippen molar-refractivity contribution in [3.8, 4) is 17.4 Å². The fourth-order valence-electron chi connectivity index (χ4n) is 5.83. The minimum Gasteiger partial charge on any atom is -0.488 e. The van der Waals surface area contributed by atoms with Gasteiger partial charge in [0.25, 0.3) is 0 Å². The van der Waals surface area contributed by atoms with Crippen molar-refractivity contribution in [2.75, 3.05) is 78.1 Å². The van der Waals surface area contributed by atoms with E-state index in [9.17, 15) is 14.0 Å². The molecule has 1 saturated heterocycles. The van der Waals surface area contributed by atoms with Gasteiger partial charge in [-0.05, 0) is 78.9 Å². The third-order valence-corrected chi connectivity index (χ3v) is 8.96. The molecule has 4 aromatic carbocycles. The Balaban J connectivity index is 0.000000210. The fraction of sp³-hybridized carbons (Fsp3) is 0.156. The molecule has 7 rings (SSSR count). The van der Waals surface area contributed by atoms with Crippen molar-refractivity contribution in [1.29, 1.82) is 0 Å². The van der Waals surface area contributed by atoms with Crippen LogP contribution in [0.5, 0.6) is 17.4 Å². The fourth-order valence-corrected chi connectivity index (χ4v) is 6.01. The topological polar surface area (TPSA) is 186 Å². The first-order chi connectivity index (χ1) is 30.7. The van der Waals surface area contributed by atoms with Crippen molar-refractivity contribution in [1.82, 2.24) is 19.9 Å². The number of benzene rings is 4. The van der Waals surface area contributed by atoms with Crippen LogP contribution in [0.2, 0.25) is 5.02 Å². The summed E-state index contributed by atoms with van der Waals surface area (Å²) in [5.74, 6) is 1.55. The molecule has 1 aliphatic heterocycles. The molecule has 0 aliphatic carbocycles. The number of methoxy groups -OCH3 is 1. The van der Waals surface area contributed by atoms with Crippen molar-refractivity contribution >= 4 is 75.0 Å². The third kappa shape index (κ3) is 14.0. The predicted octanol–water partition coefficient (Wildman–Crippen LogP) is 8.88. The molecule has 63 heavy (non-hydrogen) atoms. The zero-order valence-electron chi connectivity index (χ0n) is 34.1. The first-order valence-corrected chi connectivity index (χ1v) is 19.8. The minimum absolute atomic E-state index is 0.149. The molecule has 324 valence electrons. The minimum atomic E-state index is -0.494. The van der Waals surface area contributed by atoms with Crippen LogP contribution in [-0.2, 0) is 19.1 Å². The van der Waals surface area contributed by atoms with E-state index >= 15 is 0 Å². The highest BCUT2D eigenvalue weighted by Gasteiger charge is 2.17. The Hall–Kier alpha value is -7.60. The molecule has 2 amide bonds. The number of carbonyl (C=O) groups is 2. The second kappa shape index (κ2) is 22.8. The van der Waals surface area contributed by atoms with Crippen LogP contribution >= 0.6 is 11.6 Å². The maximum absolute atomic E-state index is 14.2. The maximum Gasteiger partial charge on any atom is 0.247 e. The number of nitrogens with zero attached hydrogens (tertiary/aromatic N) is 5. The van der Waals surface area contributed by atoms with Crippen LogP contribution in [0.15, 0.2) is 135 Å². The largest absolute Gasteiger partial charge is 0.488 e. The Kier molecular flexibility index (Phi) is 16.3. The van der Waals surface area contributed by atoms with Gasteiger partial charge in [-0.1, -0.05) is 36.9 Å². The first kappa shape index (κ1) is 44.9. The lowest BCUT2D eigenvalue weighted by Crippen LogP contribution is -2.36. The molecule has 16 nitrogen and oxygen atoms in total. The number of rotatable bonds is 17. The smallest absolute Gasteiger partial charge is 0.247 e. The summed E-state index contributed by atoms with van der Waals surface area (Å²) >= 11 is 6.01. The second-order valence-corrected chi connectivity index (χ2v) is 13.7. The van der Waals surface area contributed by atoms with E-state index in [1.54, 1.807) is 67.8 Å². The zero-order valence-corrected chi connectivity index (χ0v) is 34.9. The van der Waals surface area contributed by atoms with Gasteiger partial charge in [0.1, 0.15) is 42.5 Å². The average molecular weight is 875 g/mol. The number of carbonyl (C=O) groups excluding carboxylic acids is 2. The number of amides is 2. The SMILES string of the molecule is C=CC(=O)Nc1cc(Nc2cc(Oc3cccc(Cl)c3)ncn2)ccc1N1CCOCC1.C=CC(=O)Nc1cccc(Nc2cc(Nc3ccc(OCCOC)c(F)c3)ncn2)c1. The molecule has 18 heteroatoms. The number of hydrogen-bond acceptors (Lipinski definition) is 14. The van der Waals surface area contributed by atoms with Crippen molar-refractivity contribution in [2.45, 2.75) is 0 Å². The molecule has 0 saturated carbocycles. The van der Waals surface area contributed by atoms with Crippen LogP contribution < -0.4 is 41.0 Å². The Bertz CT molecular complexity index is 2530. The average Bonchev–Trinajstić information content (AvgIpc) is 3.28. The van der Waals surface area contributed by atoms with Crippen molar-refractivity contribution in [3.63, 3.8) is 0 Å². The highest BCUT2D eigenvalue weighted by Crippen LogP contribution is 2.32. The Morgan fingerprint density at radius 3 is 2.08 bits per heavy atom. The number of morpholine rings is 1. The summed E-state index contributed by atoms with van der Waals surface area (Å²) in [6.07, 6.45) is 5.23. The highest BCUT2D eigenvalue weighted by atomic mass is 35.5. The molecule has 1 aliphatic rings. The summed E-state index contributed by atoms with van der Waals surface area (Å²) in [4.78, 5) is 42.4. The number of hydrogen-bond donors (Lipinski definition) is 5. The van der Waals surface area contributed by atoms with E-state index in [4.69, 9.17) is 30.5 Å². The van der Waals surface area contributed by atoms with E-state index in [2.05, 4.69) is 64.6 Å². The third-order valence-electron chi connectivity index (χ3n) is 8.73. The molecule has 0 unspecified atom stereocenters. The van der Waals surface area contributed by atoms with Gasteiger partial charge in [-0.2, -0.15) is 0 Å². The van der Waals surface area contributed by atoms with E-state index in [-0.39, 0.29) is 24.2 Å². The van der Waals surface area contributed by atoms with Crippen LogP contribution in [0.1, 0.15) is 0 Å². The predicted molar refractivity (Wildman–Crippen MR) is 243 cm³/mol. The molecule has 0 spiro atoms. The van der Waals surface area contributed by atoms with Crippen molar-refractivity contribution in [3.05, 3.63) is 146 Å². The number of anilines is 9. The number of aromatic nitrogens is 4. The summed E-state index contributed by atoms with van der Waals surface area (Å²) in [6, 6.07) is 27.8. The molecule has 5 N–H and O–H groups in total. The zero-order chi connectivity index (χ0) is 44.4. The van der Waals surface area contributed by atoms with E-state index in [0.29, 0.717) is 71.0 Å². The van der Waals surface area contributed by atoms with Crippen LogP contribution in [0.4, 0.5) is 56.0 Å². The Labute approximate surface area is 368 Å². The van der Waals surface area contributed by atoms with Gasteiger partial charge < -0.3 is 50.4 Å². The molecule has 0 radical (unpaired) electrons. The second-order valence-electron chi connectivity index (χ2n) is 13.2. The molecule has 3 heterocycles. The molecule has 2 aromatic heterocycles. The Morgan fingerprint density at radius 1 is 0.746 bits per heavy atom. The van der Waals surface area contributed by atoms with Gasteiger partial charge in [-0.3, -0.25) is 9.59 Å².